The maximum atomic E-state index is 12.3. The number of nitrogens with two attached hydrogens (primary N) is 1. The predicted octanol–water partition coefficient (Wildman–Crippen LogP) is 2.86. The molecule has 7 heteroatoms. The Kier molecular flexibility index (Phi) is 5.04. The molecule has 1 aromatic carbocycles. The summed E-state index contributed by atoms with van der Waals surface area (Å²) in [6, 6.07) is 5.33. The van der Waals surface area contributed by atoms with E-state index in [1.807, 2.05) is 12.1 Å². The van der Waals surface area contributed by atoms with Crippen LogP contribution in [-0.4, -0.2) is 23.0 Å². The summed E-state index contributed by atoms with van der Waals surface area (Å²) in [6.07, 6.45) is 2.60. The molecule has 1 aliphatic carbocycles. The zero-order valence-electron chi connectivity index (χ0n) is 10.6. The van der Waals surface area contributed by atoms with E-state index in [1.54, 1.807) is 6.07 Å². The average Bonchev–Trinajstić information content (AvgIpc) is 2.88. The van der Waals surface area contributed by atoms with Crippen LogP contribution in [0.2, 0.25) is 0 Å². The Labute approximate surface area is 133 Å². The molecule has 1 saturated carbocycles. The molecule has 0 aromatic heterocycles. The predicted molar refractivity (Wildman–Crippen MR) is 83.8 cm³/mol. The van der Waals surface area contributed by atoms with Crippen LogP contribution in [0.3, 0.4) is 0 Å². The highest BCUT2D eigenvalue weighted by Gasteiger charge is 2.32. The lowest BCUT2D eigenvalue weighted by Crippen LogP contribution is -2.42. The second-order valence-electron chi connectivity index (χ2n) is 4.77. The third kappa shape index (κ3) is 3.32. The van der Waals surface area contributed by atoms with Gasteiger partial charge in [-0.1, -0.05) is 27.5 Å². The largest absolute Gasteiger partial charge is 0.409 e. The third-order valence-electron chi connectivity index (χ3n) is 3.50. The number of halogens is 2. The van der Waals surface area contributed by atoms with E-state index in [0.29, 0.717) is 5.56 Å². The highest BCUT2D eigenvalue weighted by Crippen LogP contribution is 2.27. The van der Waals surface area contributed by atoms with Crippen LogP contribution in [0.25, 0.3) is 0 Å². The molecule has 1 amide bonds. The van der Waals surface area contributed by atoms with Crippen molar-refractivity contribution in [1.82, 2.24) is 5.32 Å². The van der Waals surface area contributed by atoms with Crippen molar-refractivity contribution in [3.63, 3.8) is 0 Å². The summed E-state index contributed by atoms with van der Waals surface area (Å²) in [5, 5.41) is 14.8. The van der Waals surface area contributed by atoms with Gasteiger partial charge in [-0.2, -0.15) is 0 Å². The number of oxime groups is 1. The van der Waals surface area contributed by atoms with Crippen LogP contribution in [0.15, 0.2) is 32.3 Å². The van der Waals surface area contributed by atoms with Crippen LogP contribution in [0.4, 0.5) is 0 Å². The fourth-order valence-corrected chi connectivity index (χ4v) is 3.27. The molecule has 1 aliphatic rings. The second-order valence-corrected chi connectivity index (χ2v) is 6.54. The van der Waals surface area contributed by atoms with Crippen LogP contribution >= 0.6 is 31.9 Å². The number of nitrogens with one attached hydrogen (secondary N) is 1. The number of amides is 1. The molecule has 0 aliphatic heterocycles. The summed E-state index contributed by atoms with van der Waals surface area (Å²) in [7, 11) is 0. The monoisotopic (exact) mass is 403 g/mol. The Bertz CT molecular complexity index is 548. The lowest BCUT2D eigenvalue weighted by atomic mass is 10.0. The zero-order valence-corrected chi connectivity index (χ0v) is 13.8. The molecule has 2 rings (SSSR count). The van der Waals surface area contributed by atoms with Gasteiger partial charge < -0.3 is 16.3 Å². The number of hydrogen-bond acceptors (Lipinski definition) is 3. The number of rotatable bonds is 3. The second kappa shape index (κ2) is 6.58. The van der Waals surface area contributed by atoms with Crippen molar-refractivity contribution < 1.29 is 10.0 Å². The van der Waals surface area contributed by atoms with E-state index in [0.717, 1.165) is 28.2 Å². The number of hydrogen-bond donors (Lipinski definition) is 3. The smallest absolute Gasteiger partial charge is 0.252 e. The SMILES string of the molecule is N/C(=N/O)C1CCCC1NC(=O)c1cc(Br)ccc1Br. The lowest BCUT2D eigenvalue weighted by molar-refractivity contribution is 0.0932. The Hall–Kier alpha value is -1.08. The fourth-order valence-electron chi connectivity index (χ4n) is 2.48. The van der Waals surface area contributed by atoms with E-state index < -0.39 is 0 Å². The van der Waals surface area contributed by atoms with Gasteiger partial charge in [0.15, 0.2) is 0 Å². The van der Waals surface area contributed by atoms with E-state index in [-0.39, 0.29) is 23.7 Å². The highest BCUT2D eigenvalue weighted by molar-refractivity contribution is 9.11. The molecule has 0 saturated heterocycles. The van der Waals surface area contributed by atoms with Crippen LogP contribution in [0, 0.1) is 5.92 Å². The topological polar surface area (TPSA) is 87.7 Å². The van der Waals surface area contributed by atoms with Gasteiger partial charge in [0.1, 0.15) is 5.84 Å². The van der Waals surface area contributed by atoms with Gasteiger partial charge in [0.05, 0.1) is 5.56 Å². The summed E-state index contributed by atoms with van der Waals surface area (Å²) < 4.78 is 1.57. The molecule has 108 valence electrons. The van der Waals surface area contributed by atoms with E-state index in [4.69, 9.17) is 10.9 Å². The van der Waals surface area contributed by atoms with Crippen molar-refractivity contribution >= 4 is 43.6 Å². The molecule has 0 spiro atoms. The minimum atomic E-state index is -0.166. The standard InChI is InChI=1S/C13H15Br2N3O2/c14-7-4-5-10(15)9(6-7)13(19)17-11-3-1-2-8(11)12(16)18-20/h4-6,8,11,20H,1-3H2,(H2,16,18)(H,17,19). The lowest BCUT2D eigenvalue weighted by Gasteiger charge is -2.20. The van der Waals surface area contributed by atoms with Crippen molar-refractivity contribution in [3.8, 4) is 0 Å². The summed E-state index contributed by atoms with van der Waals surface area (Å²) in [5.41, 5.74) is 6.23. The number of nitrogens with zero attached hydrogens (tertiary/aromatic N) is 1. The van der Waals surface area contributed by atoms with Crippen molar-refractivity contribution in [1.29, 1.82) is 0 Å². The van der Waals surface area contributed by atoms with Crippen LogP contribution in [0.5, 0.6) is 0 Å². The summed E-state index contributed by atoms with van der Waals surface area (Å²) in [6.45, 7) is 0. The van der Waals surface area contributed by atoms with Gasteiger partial charge >= 0.3 is 0 Å². The van der Waals surface area contributed by atoms with Gasteiger partial charge in [-0.05, 0) is 47.0 Å². The van der Waals surface area contributed by atoms with Gasteiger partial charge in [0.2, 0.25) is 0 Å². The Morgan fingerprint density at radius 1 is 1.40 bits per heavy atom. The van der Waals surface area contributed by atoms with Crippen molar-refractivity contribution in [2.24, 2.45) is 16.8 Å². The molecule has 0 bridgehead atoms. The summed E-state index contributed by atoms with van der Waals surface area (Å²) >= 11 is 6.72. The first-order valence-corrected chi connectivity index (χ1v) is 7.85. The van der Waals surface area contributed by atoms with Gasteiger partial charge in [-0.3, -0.25) is 4.79 Å². The number of amidine groups is 1. The molecular formula is C13H15Br2N3O2. The van der Waals surface area contributed by atoms with Crippen molar-refractivity contribution in [2.75, 3.05) is 0 Å². The first-order chi connectivity index (χ1) is 9.52. The molecular weight excluding hydrogens is 390 g/mol. The first-order valence-electron chi connectivity index (χ1n) is 6.26. The Balaban J connectivity index is 2.13. The van der Waals surface area contributed by atoms with Crippen LogP contribution < -0.4 is 11.1 Å². The molecule has 1 fully saturated rings. The minimum Gasteiger partial charge on any atom is -0.409 e. The normalized spacial score (nSPS) is 22.8. The molecule has 5 nitrogen and oxygen atoms in total. The molecule has 2 unspecified atom stereocenters. The van der Waals surface area contributed by atoms with Crippen molar-refractivity contribution in [3.05, 3.63) is 32.7 Å². The maximum absolute atomic E-state index is 12.3. The van der Waals surface area contributed by atoms with Crippen LogP contribution in [0.1, 0.15) is 29.6 Å². The van der Waals surface area contributed by atoms with E-state index in [2.05, 4.69) is 42.3 Å². The zero-order chi connectivity index (χ0) is 14.7. The number of benzene rings is 1. The minimum absolute atomic E-state index is 0.0933. The van der Waals surface area contributed by atoms with Crippen molar-refractivity contribution in [2.45, 2.75) is 25.3 Å². The molecule has 4 N–H and O–H groups in total. The summed E-state index contributed by atoms with van der Waals surface area (Å²) in [5.74, 6) is -0.0863. The highest BCUT2D eigenvalue weighted by atomic mass is 79.9. The fraction of sp³-hybridized carbons (Fsp3) is 0.385. The van der Waals surface area contributed by atoms with E-state index >= 15 is 0 Å². The van der Waals surface area contributed by atoms with Gasteiger partial charge in [0, 0.05) is 20.9 Å². The molecule has 0 radical (unpaired) electrons. The Morgan fingerprint density at radius 2 is 2.15 bits per heavy atom. The number of carbonyl (C=O) groups excluding carboxylic acids is 1. The first kappa shape index (κ1) is 15.3. The molecule has 0 heterocycles. The molecule has 20 heavy (non-hydrogen) atoms. The van der Waals surface area contributed by atoms with Gasteiger partial charge in [-0.25, -0.2) is 0 Å². The van der Waals surface area contributed by atoms with Crippen LogP contribution in [-0.2, 0) is 0 Å². The number of carbonyl (C=O) groups is 1. The summed E-state index contributed by atoms with van der Waals surface area (Å²) in [4.78, 5) is 12.3. The molecule has 1 aromatic rings. The Morgan fingerprint density at radius 3 is 2.85 bits per heavy atom. The quantitative estimate of drug-likeness (QED) is 0.313. The molecule has 2 atom stereocenters. The maximum Gasteiger partial charge on any atom is 0.252 e. The van der Waals surface area contributed by atoms with Gasteiger partial charge in [0.25, 0.3) is 5.91 Å². The van der Waals surface area contributed by atoms with E-state index in [9.17, 15) is 4.79 Å². The average molecular weight is 405 g/mol. The van der Waals surface area contributed by atoms with Gasteiger partial charge in [-0.15, -0.1) is 0 Å². The van der Waals surface area contributed by atoms with E-state index in [1.165, 1.54) is 0 Å². The third-order valence-corrected chi connectivity index (χ3v) is 4.69.